The summed E-state index contributed by atoms with van der Waals surface area (Å²) in [6, 6.07) is 0. The number of rotatable bonds is 4. The molecule has 3 atom stereocenters. The Labute approximate surface area is 120 Å². The van der Waals surface area contributed by atoms with Gasteiger partial charge < -0.3 is 14.2 Å². The molecule has 0 aromatic heterocycles. The number of Topliss-reactive ketones (excluding diaryl/α,β-unsaturated/α-hetero) is 1. The van der Waals surface area contributed by atoms with Gasteiger partial charge in [0.1, 0.15) is 0 Å². The Balaban J connectivity index is 2.25. The van der Waals surface area contributed by atoms with Crippen molar-refractivity contribution >= 4 is 11.8 Å². The van der Waals surface area contributed by atoms with E-state index >= 15 is 0 Å². The van der Waals surface area contributed by atoms with E-state index in [2.05, 4.69) is 0 Å². The average molecular weight is 284 g/mol. The highest BCUT2D eigenvalue weighted by molar-refractivity contribution is 6.04. The standard InChI is InChI=1S/C15H24O5/c1-3-20-14(17)15(10-19-8-7-13(15)16)11-5-4-6-12(9-11)18-2/h11-12H,3-10H2,1-2H3. The molecule has 3 unspecified atom stereocenters. The third kappa shape index (κ3) is 2.74. The summed E-state index contributed by atoms with van der Waals surface area (Å²) in [7, 11) is 1.68. The average Bonchev–Trinajstić information content (AvgIpc) is 2.48. The molecular formula is C15H24O5. The number of ether oxygens (including phenoxy) is 3. The molecule has 1 heterocycles. The van der Waals surface area contributed by atoms with E-state index in [0.29, 0.717) is 13.0 Å². The lowest BCUT2D eigenvalue weighted by atomic mass is 9.64. The normalized spacial score (nSPS) is 34.8. The van der Waals surface area contributed by atoms with Gasteiger partial charge in [0.05, 0.1) is 25.9 Å². The van der Waals surface area contributed by atoms with Gasteiger partial charge >= 0.3 is 5.97 Å². The van der Waals surface area contributed by atoms with Crippen molar-refractivity contribution in [2.45, 2.75) is 45.1 Å². The van der Waals surface area contributed by atoms with Gasteiger partial charge in [-0.15, -0.1) is 0 Å². The summed E-state index contributed by atoms with van der Waals surface area (Å²) in [5, 5.41) is 0. The van der Waals surface area contributed by atoms with Crippen molar-refractivity contribution in [2.75, 3.05) is 26.9 Å². The molecule has 20 heavy (non-hydrogen) atoms. The van der Waals surface area contributed by atoms with Crippen LogP contribution >= 0.6 is 0 Å². The lowest BCUT2D eigenvalue weighted by molar-refractivity contribution is -0.177. The molecule has 0 aromatic carbocycles. The highest BCUT2D eigenvalue weighted by Gasteiger charge is 2.55. The molecule has 1 aliphatic carbocycles. The minimum atomic E-state index is -1.11. The number of ketones is 1. The summed E-state index contributed by atoms with van der Waals surface area (Å²) in [6.45, 7) is 2.61. The molecule has 5 heteroatoms. The molecule has 2 aliphatic rings. The zero-order valence-electron chi connectivity index (χ0n) is 12.4. The van der Waals surface area contributed by atoms with E-state index in [0.717, 1.165) is 25.7 Å². The molecule has 114 valence electrons. The fraction of sp³-hybridized carbons (Fsp3) is 0.867. The van der Waals surface area contributed by atoms with Gasteiger partial charge in [-0.05, 0) is 32.1 Å². The lowest BCUT2D eigenvalue weighted by Crippen LogP contribution is -2.54. The second-order valence-electron chi connectivity index (χ2n) is 5.64. The van der Waals surface area contributed by atoms with Crippen LogP contribution in [0, 0.1) is 11.3 Å². The van der Waals surface area contributed by atoms with E-state index in [1.54, 1.807) is 14.0 Å². The van der Waals surface area contributed by atoms with Crippen molar-refractivity contribution in [2.24, 2.45) is 11.3 Å². The van der Waals surface area contributed by atoms with Gasteiger partial charge in [-0.2, -0.15) is 0 Å². The summed E-state index contributed by atoms with van der Waals surface area (Å²) in [5.41, 5.74) is -1.11. The first kappa shape index (κ1) is 15.4. The van der Waals surface area contributed by atoms with Crippen LogP contribution in [0.2, 0.25) is 0 Å². The van der Waals surface area contributed by atoms with Gasteiger partial charge in [-0.25, -0.2) is 0 Å². The predicted octanol–water partition coefficient (Wildman–Crippen LogP) is 1.73. The second-order valence-corrected chi connectivity index (χ2v) is 5.64. The van der Waals surface area contributed by atoms with E-state index in [1.807, 2.05) is 0 Å². The fourth-order valence-corrected chi connectivity index (χ4v) is 3.45. The van der Waals surface area contributed by atoms with E-state index < -0.39 is 11.4 Å². The van der Waals surface area contributed by atoms with E-state index in [1.165, 1.54) is 0 Å². The Morgan fingerprint density at radius 1 is 1.45 bits per heavy atom. The molecule has 1 saturated heterocycles. The number of carbonyl (C=O) groups is 2. The van der Waals surface area contributed by atoms with Crippen LogP contribution in [0.15, 0.2) is 0 Å². The molecule has 0 bridgehead atoms. The molecule has 5 nitrogen and oxygen atoms in total. The second kappa shape index (κ2) is 6.68. The van der Waals surface area contributed by atoms with Crippen LogP contribution in [0.4, 0.5) is 0 Å². The SMILES string of the molecule is CCOC(=O)C1(C2CCCC(OC)C2)COCCC1=O. The Morgan fingerprint density at radius 3 is 2.90 bits per heavy atom. The Bertz CT molecular complexity index is 367. The third-order valence-electron chi connectivity index (χ3n) is 4.60. The van der Waals surface area contributed by atoms with Gasteiger partial charge in [0.2, 0.25) is 0 Å². The van der Waals surface area contributed by atoms with E-state index in [4.69, 9.17) is 14.2 Å². The molecule has 2 rings (SSSR count). The van der Waals surface area contributed by atoms with E-state index in [9.17, 15) is 9.59 Å². The first-order valence-corrected chi connectivity index (χ1v) is 7.46. The van der Waals surface area contributed by atoms with E-state index in [-0.39, 0.29) is 31.0 Å². The van der Waals surface area contributed by atoms with Crippen LogP contribution in [0.5, 0.6) is 0 Å². The van der Waals surface area contributed by atoms with Crippen LogP contribution in [0.1, 0.15) is 39.0 Å². The summed E-state index contributed by atoms with van der Waals surface area (Å²) >= 11 is 0. The van der Waals surface area contributed by atoms with Gasteiger partial charge in [0, 0.05) is 13.5 Å². The quantitative estimate of drug-likeness (QED) is 0.581. The summed E-state index contributed by atoms with van der Waals surface area (Å²) < 4.78 is 16.1. The lowest BCUT2D eigenvalue weighted by Gasteiger charge is -2.42. The van der Waals surface area contributed by atoms with Gasteiger partial charge in [0.25, 0.3) is 0 Å². The summed E-state index contributed by atoms with van der Waals surface area (Å²) in [6.07, 6.45) is 3.96. The number of esters is 1. The Morgan fingerprint density at radius 2 is 2.25 bits per heavy atom. The summed E-state index contributed by atoms with van der Waals surface area (Å²) in [4.78, 5) is 25.0. The van der Waals surface area contributed by atoms with Crippen LogP contribution in [0.25, 0.3) is 0 Å². The monoisotopic (exact) mass is 284 g/mol. The minimum absolute atomic E-state index is 0.0241. The summed E-state index contributed by atoms with van der Waals surface area (Å²) in [5.74, 6) is -0.469. The minimum Gasteiger partial charge on any atom is -0.465 e. The van der Waals surface area contributed by atoms with Gasteiger partial charge in [0.15, 0.2) is 11.2 Å². The maximum Gasteiger partial charge on any atom is 0.322 e. The van der Waals surface area contributed by atoms with Crippen molar-refractivity contribution in [1.29, 1.82) is 0 Å². The molecule has 0 amide bonds. The van der Waals surface area contributed by atoms with Crippen molar-refractivity contribution in [1.82, 2.24) is 0 Å². The smallest absolute Gasteiger partial charge is 0.322 e. The van der Waals surface area contributed by atoms with Crippen molar-refractivity contribution in [3.05, 3.63) is 0 Å². The molecule has 2 fully saturated rings. The number of hydrogen-bond acceptors (Lipinski definition) is 5. The molecule has 0 spiro atoms. The van der Waals surface area contributed by atoms with Crippen LogP contribution in [-0.4, -0.2) is 44.8 Å². The number of methoxy groups -OCH3 is 1. The predicted molar refractivity (Wildman–Crippen MR) is 72.3 cm³/mol. The zero-order chi connectivity index (χ0) is 14.6. The van der Waals surface area contributed by atoms with Gasteiger partial charge in [-0.1, -0.05) is 6.42 Å². The Kier molecular flexibility index (Phi) is 5.16. The maximum atomic E-state index is 12.5. The highest BCUT2D eigenvalue weighted by atomic mass is 16.5. The Hall–Kier alpha value is -0.940. The van der Waals surface area contributed by atoms with Crippen molar-refractivity contribution in [3.8, 4) is 0 Å². The first-order valence-electron chi connectivity index (χ1n) is 7.46. The molecule has 1 saturated carbocycles. The largest absolute Gasteiger partial charge is 0.465 e. The molecule has 1 aliphatic heterocycles. The zero-order valence-corrected chi connectivity index (χ0v) is 12.4. The molecule has 0 N–H and O–H groups in total. The van der Waals surface area contributed by atoms with Crippen LogP contribution in [-0.2, 0) is 23.8 Å². The van der Waals surface area contributed by atoms with Crippen LogP contribution < -0.4 is 0 Å². The first-order chi connectivity index (χ1) is 9.65. The third-order valence-corrected chi connectivity index (χ3v) is 4.60. The van der Waals surface area contributed by atoms with Crippen molar-refractivity contribution < 1.29 is 23.8 Å². The maximum absolute atomic E-state index is 12.5. The molecule has 0 aromatic rings. The number of carbonyl (C=O) groups excluding carboxylic acids is 2. The highest BCUT2D eigenvalue weighted by Crippen LogP contribution is 2.43. The number of hydrogen-bond donors (Lipinski definition) is 0. The van der Waals surface area contributed by atoms with Crippen molar-refractivity contribution in [3.63, 3.8) is 0 Å². The van der Waals surface area contributed by atoms with Crippen LogP contribution in [0.3, 0.4) is 0 Å². The topological polar surface area (TPSA) is 61.8 Å². The molecule has 0 radical (unpaired) electrons. The fourth-order valence-electron chi connectivity index (χ4n) is 3.45. The van der Waals surface area contributed by atoms with Gasteiger partial charge in [-0.3, -0.25) is 9.59 Å². The molecular weight excluding hydrogens is 260 g/mol.